The Balaban J connectivity index is 2.06. The second-order valence-electron chi connectivity index (χ2n) is 9.59. The zero-order chi connectivity index (χ0) is 21.1. The second-order valence-corrected chi connectivity index (χ2v) is 12.2. The number of ether oxygens (including phenoxy) is 2. The van der Waals surface area contributed by atoms with Crippen molar-refractivity contribution in [2.45, 2.75) is 57.8 Å². The molecule has 162 valence electrons. The summed E-state index contributed by atoms with van der Waals surface area (Å²) in [4.78, 5) is 2.24. The summed E-state index contributed by atoms with van der Waals surface area (Å²) in [6, 6.07) is 0.190. The van der Waals surface area contributed by atoms with E-state index in [1.807, 2.05) is 18.8 Å². The van der Waals surface area contributed by atoms with E-state index in [4.69, 9.17) is 14.0 Å². The van der Waals surface area contributed by atoms with E-state index in [-0.39, 0.29) is 29.6 Å². The first-order valence-corrected chi connectivity index (χ1v) is 12.2. The van der Waals surface area contributed by atoms with Gasteiger partial charge in [-0.1, -0.05) is 27.2 Å². The van der Waals surface area contributed by atoms with E-state index in [9.17, 15) is 4.57 Å². The molecule has 0 aromatic heterocycles. The first-order valence-electron chi connectivity index (χ1n) is 10.6. The van der Waals surface area contributed by atoms with Crippen LogP contribution in [-0.2, 0) is 18.6 Å². The number of hydrogen-bond donors (Lipinski definition) is 0. The third kappa shape index (κ3) is 6.56. The Kier molecular flexibility index (Phi) is 8.67. The predicted octanol–water partition coefficient (Wildman–Crippen LogP) is 0.449. The molecule has 2 fully saturated rings. The molecule has 7 nitrogen and oxygen atoms in total. The SMILES string of the molecule is BC1CN(C)CC(COP(=O)(N(C)C)N2CC(B)OC(CC(C)(C)CC)C2)O1. The summed E-state index contributed by atoms with van der Waals surface area (Å²) in [5, 5.41) is 0. The number of morpholine rings is 2. The van der Waals surface area contributed by atoms with Crippen LogP contribution in [0.5, 0.6) is 0 Å². The molecule has 0 radical (unpaired) electrons. The van der Waals surface area contributed by atoms with Gasteiger partial charge in [-0.3, -0.25) is 4.57 Å². The molecule has 0 saturated carbocycles. The first-order chi connectivity index (χ1) is 12.9. The van der Waals surface area contributed by atoms with Gasteiger partial charge in [0.05, 0.1) is 18.8 Å². The fraction of sp³-hybridized carbons (Fsp3) is 1.00. The molecule has 2 rings (SSSR count). The van der Waals surface area contributed by atoms with Gasteiger partial charge >= 0.3 is 7.67 Å². The summed E-state index contributed by atoms with van der Waals surface area (Å²) in [7, 11) is 6.74. The maximum absolute atomic E-state index is 13.9. The summed E-state index contributed by atoms with van der Waals surface area (Å²) < 4.78 is 35.9. The van der Waals surface area contributed by atoms with Crippen LogP contribution >= 0.6 is 7.67 Å². The van der Waals surface area contributed by atoms with Crippen LogP contribution in [0.2, 0.25) is 0 Å². The van der Waals surface area contributed by atoms with Gasteiger partial charge in [0.15, 0.2) is 0 Å². The summed E-state index contributed by atoms with van der Waals surface area (Å²) in [5.74, 6) is 0. The van der Waals surface area contributed by atoms with E-state index in [0.29, 0.717) is 19.7 Å². The van der Waals surface area contributed by atoms with E-state index in [0.717, 1.165) is 25.9 Å². The highest BCUT2D eigenvalue weighted by atomic mass is 31.2. The highest BCUT2D eigenvalue weighted by molar-refractivity contribution is 7.53. The summed E-state index contributed by atoms with van der Waals surface area (Å²) in [5.41, 5.74) is 0.201. The molecule has 5 atom stereocenters. The lowest BCUT2D eigenvalue weighted by Crippen LogP contribution is -2.50. The molecule has 28 heavy (non-hydrogen) atoms. The van der Waals surface area contributed by atoms with Crippen molar-refractivity contribution >= 4 is 23.4 Å². The van der Waals surface area contributed by atoms with Crippen LogP contribution in [0.4, 0.5) is 0 Å². The van der Waals surface area contributed by atoms with Crippen LogP contribution in [0.25, 0.3) is 0 Å². The minimum absolute atomic E-state index is 0.0281. The van der Waals surface area contributed by atoms with Crippen LogP contribution in [0.3, 0.4) is 0 Å². The number of nitrogens with zero attached hydrogens (tertiary/aromatic N) is 3. The maximum atomic E-state index is 13.9. The van der Waals surface area contributed by atoms with Gasteiger partial charge in [0, 0.05) is 38.2 Å². The molecular weight excluding hydrogens is 375 g/mol. The van der Waals surface area contributed by atoms with Crippen molar-refractivity contribution in [1.29, 1.82) is 0 Å². The fourth-order valence-electron chi connectivity index (χ4n) is 4.10. The van der Waals surface area contributed by atoms with Crippen molar-refractivity contribution < 1.29 is 18.6 Å². The third-order valence-electron chi connectivity index (χ3n) is 5.84. The fourth-order valence-corrected chi connectivity index (χ4v) is 6.18. The van der Waals surface area contributed by atoms with Crippen molar-refractivity contribution in [3.05, 3.63) is 0 Å². The topological polar surface area (TPSA) is 54.5 Å². The predicted molar refractivity (Wildman–Crippen MR) is 119 cm³/mol. The molecule has 0 amide bonds. The van der Waals surface area contributed by atoms with Crippen LogP contribution in [0, 0.1) is 5.41 Å². The van der Waals surface area contributed by atoms with E-state index < -0.39 is 7.67 Å². The molecule has 0 aromatic rings. The molecule has 5 unspecified atom stereocenters. The Hall–Kier alpha value is 0.120. The molecule has 2 aliphatic rings. The van der Waals surface area contributed by atoms with E-state index in [1.165, 1.54) is 0 Å². The van der Waals surface area contributed by atoms with Gasteiger partial charge in [0.1, 0.15) is 15.7 Å². The third-order valence-corrected chi connectivity index (χ3v) is 8.38. The van der Waals surface area contributed by atoms with E-state index in [1.54, 1.807) is 4.67 Å². The van der Waals surface area contributed by atoms with Crippen LogP contribution < -0.4 is 0 Å². The minimum Gasteiger partial charge on any atom is -0.381 e. The molecule has 2 saturated heterocycles. The molecule has 0 bridgehead atoms. The van der Waals surface area contributed by atoms with Crippen LogP contribution in [0.1, 0.15) is 33.6 Å². The van der Waals surface area contributed by atoms with Crippen molar-refractivity contribution in [2.24, 2.45) is 5.41 Å². The molecule has 2 aliphatic heterocycles. The average Bonchev–Trinajstić information content (AvgIpc) is 2.57. The standard InChI is InChI=1S/C18H40B2N3O4P/c1-7-18(2,3)8-14-10-23(12-17(20)26-14)28(24,21(4)5)25-13-15-9-22(6)11-16(19)27-15/h14-17H,7-13,19-20H2,1-6H3. The monoisotopic (exact) mass is 415 g/mol. The Morgan fingerprint density at radius 3 is 2.29 bits per heavy atom. The van der Waals surface area contributed by atoms with Crippen molar-refractivity contribution in [1.82, 2.24) is 14.2 Å². The maximum Gasteiger partial charge on any atom is 0.345 e. The highest BCUT2D eigenvalue weighted by Gasteiger charge is 2.42. The van der Waals surface area contributed by atoms with Gasteiger partial charge in [-0.15, -0.1) is 0 Å². The normalized spacial score (nSPS) is 33.1. The van der Waals surface area contributed by atoms with Gasteiger partial charge < -0.3 is 18.9 Å². The molecular formula is C18H40B2N3O4P. The summed E-state index contributed by atoms with van der Waals surface area (Å²) in [6.45, 7) is 10.0. The van der Waals surface area contributed by atoms with Crippen molar-refractivity contribution in [3.63, 3.8) is 0 Å². The summed E-state index contributed by atoms with van der Waals surface area (Å²) in [6.07, 6.45) is 2.04. The van der Waals surface area contributed by atoms with Crippen molar-refractivity contribution in [3.8, 4) is 0 Å². The lowest BCUT2D eigenvalue weighted by molar-refractivity contribution is -0.0680. The minimum atomic E-state index is -3.13. The zero-order valence-electron chi connectivity index (χ0n) is 19.2. The van der Waals surface area contributed by atoms with Gasteiger partial charge in [0.25, 0.3) is 0 Å². The van der Waals surface area contributed by atoms with Crippen LogP contribution in [0.15, 0.2) is 0 Å². The van der Waals surface area contributed by atoms with Gasteiger partial charge in [0.2, 0.25) is 0 Å². The second kappa shape index (κ2) is 9.95. The lowest BCUT2D eigenvalue weighted by Gasteiger charge is -2.44. The van der Waals surface area contributed by atoms with Crippen LogP contribution in [-0.4, -0.2) is 108 Å². The van der Waals surface area contributed by atoms with Gasteiger partial charge in [-0.2, -0.15) is 0 Å². The number of rotatable bonds is 8. The Bertz CT molecular complexity index is 545. The largest absolute Gasteiger partial charge is 0.381 e. The molecule has 0 N–H and O–H groups in total. The molecule has 2 heterocycles. The molecule has 10 heteroatoms. The number of likely N-dealkylation sites (N-methyl/N-ethyl adjacent to an activating group) is 1. The Labute approximate surface area is 173 Å². The molecule has 0 aromatic carbocycles. The summed E-state index contributed by atoms with van der Waals surface area (Å²) >= 11 is 0. The molecule has 0 spiro atoms. The zero-order valence-corrected chi connectivity index (χ0v) is 20.1. The number of hydrogen-bond acceptors (Lipinski definition) is 5. The van der Waals surface area contributed by atoms with Crippen molar-refractivity contribution in [2.75, 3.05) is 53.9 Å². The Morgan fingerprint density at radius 1 is 1.11 bits per heavy atom. The van der Waals surface area contributed by atoms with Gasteiger partial charge in [-0.05, 0) is 33.0 Å². The average molecular weight is 415 g/mol. The van der Waals surface area contributed by atoms with Gasteiger partial charge in [-0.25, -0.2) is 9.34 Å². The Morgan fingerprint density at radius 2 is 1.71 bits per heavy atom. The van der Waals surface area contributed by atoms with E-state index >= 15 is 0 Å². The lowest BCUT2D eigenvalue weighted by atomic mass is 9.83. The molecule has 0 aliphatic carbocycles. The smallest absolute Gasteiger partial charge is 0.345 e. The quantitative estimate of drug-likeness (QED) is 0.422. The highest BCUT2D eigenvalue weighted by Crippen LogP contribution is 2.54. The first kappa shape index (κ1) is 24.4. The van der Waals surface area contributed by atoms with E-state index in [2.05, 4.69) is 48.4 Å².